The Morgan fingerprint density at radius 3 is 0.925 bits per heavy atom. The van der Waals surface area contributed by atoms with E-state index in [-0.39, 0.29) is 0 Å². The molecule has 0 aromatic heterocycles. The van der Waals surface area contributed by atoms with Gasteiger partial charge in [-0.25, -0.2) is 0 Å². The first-order chi connectivity index (χ1) is 19.9. The lowest BCUT2D eigenvalue weighted by molar-refractivity contribution is 0.00708. The molecule has 0 radical (unpaired) electrons. The summed E-state index contributed by atoms with van der Waals surface area (Å²) in [7, 11) is 0. The third-order valence-electron chi connectivity index (χ3n) is 5.67. The second kappa shape index (κ2) is 18.3. The van der Waals surface area contributed by atoms with Gasteiger partial charge in [-0.3, -0.25) is 0 Å². The van der Waals surface area contributed by atoms with E-state index in [0.29, 0.717) is 129 Å². The quantitative estimate of drug-likeness (QED) is 0.450. The highest BCUT2D eigenvalue weighted by Gasteiger charge is 2.09. The first-order valence-corrected chi connectivity index (χ1v) is 13.7. The molecule has 0 aliphatic carbocycles. The van der Waals surface area contributed by atoms with Gasteiger partial charge in [-0.2, -0.15) is 0 Å². The van der Waals surface area contributed by atoms with Crippen LogP contribution in [0.5, 0.6) is 23.0 Å². The van der Waals surface area contributed by atoms with E-state index in [9.17, 15) is 0 Å². The predicted molar refractivity (Wildman–Crippen MR) is 146 cm³/mol. The molecular formula is C30H38O10. The summed E-state index contributed by atoms with van der Waals surface area (Å²) in [4.78, 5) is 0. The topological polar surface area (TPSA) is 92.3 Å². The van der Waals surface area contributed by atoms with Crippen LogP contribution < -0.4 is 18.9 Å². The van der Waals surface area contributed by atoms with Crippen LogP contribution in [-0.2, 0) is 28.4 Å². The molecular weight excluding hydrogens is 520 g/mol. The molecule has 0 saturated carbocycles. The lowest BCUT2D eigenvalue weighted by Gasteiger charge is -2.13. The molecule has 4 rings (SSSR count). The van der Waals surface area contributed by atoms with E-state index in [1.807, 2.05) is 36.4 Å². The fourth-order valence-electron chi connectivity index (χ4n) is 3.71. The first-order valence-electron chi connectivity index (χ1n) is 13.7. The van der Waals surface area contributed by atoms with Gasteiger partial charge in [0.15, 0.2) is 23.0 Å². The molecule has 10 heteroatoms. The van der Waals surface area contributed by atoms with E-state index in [4.69, 9.17) is 47.4 Å². The fourth-order valence-corrected chi connectivity index (χ4v) is 3.71. The van der Waals surface area contributed by atoms with Crippen molar-refractivity contribution in [2.75, 3.05) is 106 Å². The van der Waals surface area contributed by atoms with Crippen LogP contribution in [0.15, 0.2) is 36.4 Å². The van der Waals surface area contributed by atoms with Gasteiger partial charge < -0.3 is 47.4 Å². The molecule has 10 nitrogen and oxygen atoms in total. The Kier molecular flexibility index (Phi) is 13.7. The molecule has 0 bridgehead atoms. The second-order valence-corrected chi connectivity index (χ2v) is 8.64. The SMILES string of the molecule is C(#Cc1ccc2c(c1)OCCOCCOCCOCCO2)c1ccc2c(c1)OCCOCCOCCOCCO2. The minimum absolute atomic E-state index is 0.383. The van der Waals surface area contributed by atoms with E-state index < -0.39 is 0 Å². The molecule has 2 aliphatic heterocycles. The highest BCUT2D eigenvalue weighted by atomic mass is 16.6. The van der Waals surface area contributed by atoms with Crippen molar-refractivity contribution < 1.29 is 47.4 Å². The first kappa shape index (κ1) is 29.9. The highest BCUT2D eigenvalue weighted by Crippen LogP contribution is 2.30. The van der Waals surface area contributed by atoms with Crippen LogP contribution in [-0.4, -0.2) is 106 Å². The summed E-state index contributed by atoms with van der Waals surface area (Å²) >= 11 is 0. The molecule has 0 saturated heterocycles. The summed E-state index contributed by atoms with van der Waals surface area (Å²) in [5, 5.41) is 0. The van der Waals surface area contributed by atoms with Crippen molar-refractivity contribution in [3.05, 3.63) is 47.5 Å². The van der Waals surface area contributed by atoms with Crippen LogP contribution in [0.1, 0.15) is 11.1 Å². The number of hydrogen-bond acceptors (Lipinski definition) is 10. The van der Waals surface area contributed by atoms with Crippen molar-refractivity contribution in [3.8, 4) is 34.8 Å². The van der Waals surface area contributed by atoms with Gasteiger partial charge in [0, 0.05) is 11.1 Å². The van der Waals surface area contributed by atoms with E-state index in [0.717, 1.165) is 11.1 Å². The Morgan fingerprint density at radius 1 is 0.325 bits per heavy atom. The molecule has 40 heavy (non-hydrogen) atoms. The van der Waals surface area contributed by atoms with Crippen molar-refractivity contribution in [1.29, 1.82) is 0 Å². The minimum Gasteiger partial charge on any atom is -0.487 e. The summed E-state index contributed by atoms with van der Waals surface area (Å²) in [5.41, 5.74) is 1.57. The molecule has 0 unspecified atom stereocenters. The minimum atomic E-state index is 0.383. The number of rotatable bonds is 0. The molecule has 2 aromatic carbocycles. The van der Waals surface area contributed by atoms with E-state index in [1.165, 1.54) is 0 Å². The summed E-state index contributed by atoms with van der Waals surface area (Å²) in [6.07, 6.45) is 0. The third kappa shape index (κ3) is 11.2. The highest BCUT2D eigenvalue weighted by molar-refractivity contribution is 5.53. The molecule has 0 fully saturated rings. The van der Waals surface area contributed by atoms with Crippen molar-refractivity contribution in [1.82, 2.24) is 0 Å². The fraction of sp³-hybridized carbons (Fsp3) is 0.533. The molecule has 2 aliphatic rings. The molecule has 0 spiro atoms. The zero-order valence-corrected chi connectivity index (χ0v) is 22.9. The monoisotopic (exact) mass is 558 g/mol. The molecule has 2 aromatic rings. The molecule has 218 valence electrons. The van der Waals surface area contributed by atoms with Crippen molar-refractivity contribution in [2.24, 2.45) is 0 Å². The summed E-state index contributed by atoms with van der Waals surface area (Å²) in [6, 6.07) is 11.3. The lowest BCUT2D eigenvalue weighted by atomic mass is 10.1. The average molecular weight is 559 g/mol. The molecule has 0 atom stereocenters. The van der Waals surface area contributed by atoms with Crippen LogP contribution in [0.4, 0.5) is 0 Å². The zero-order chi connectivity index (χ0) is 27.5. The summed E-state index contributed by atoms with van der Waals surface area (Å²) in [6.45, 7) is 7.50. The van der Waals surface area contributed by atoms with Crippen LogP contribution in [0, 0.1) is 11.8 Å². The predicted octanol–water partition coefficient (Wildman–Crippen LogP) is 2.73. The number of fused-ring (bicyclic) bond motifs is 2. The van der Waals surface area contributed by atoms with E-state index in [1.54, 1.807) is 0 Å². The van der Waals surface area contributed by atoms with Gasteiger partial charge in [-0.05, 0) is 36.4 Å². The number of hydrogen-bond donors (Lipinski definition) is 0. The maximum atomic E-state index is 5.96. The van der Waals surface area contributed by atoms with Crippen LogP contribution in [0.25, 0.3) is 0 Å². The van der Waals surface area contributed by atoms with Crippen LogP contribution >= 0.6 is 0 Å². The standard InChI is InChI=1S/C30H38O10/c1(25-3-5-27-29(23-25)39-21-17-35-13-9-31-7-11-33-15-19-37-27)2-26-4-6-28-30(24-26)40-22-18-36-14-10-32-8-12-34-16-20-38-28/h3-6,23-24H,7-22H2. The molecule has 0 N–H and O–H groups in total. The smallest absolute Gasteiger partial charge is 0.162 e. The normalized spacial score (nSPS) is 18.9. The van der Waals surface area contributed by atoms with Gasteiger partial charge in [-0.15, -0.1) is 0 Å². The Morgan fingerprint density at radius 2 is 0.600 bits per heavy atom. The van der Waals surface area contributed by atoms with Gasteiger partial charge in [0.25, 0.3) is 0 Å². The molecule has 2 heterocycles. The molecule has 0 amide bonds. The number of ether oxygens (including phenoxy) is 10. The van der Waals surface area contributed by atoms with Crippen LogP contribution in [0.3, 0.4) is 0 Å². The van der Waals surface area contributed by atoms with E-state index >= 15 is 0 Å². The average Bonchev–Trinajstić information content (AvgIpc) is 2.99. The second-order valence-electron chi connectivity index (χ2n) is 8.64. The van der Waals surface area contributed by atoms with Crippen molar-refractivity contribution in [2.45, 2.75) is 0 Å². The maximum Gasteiger partial charge on any atom is 0.162 e. The van der Waals surface area contributed by atoms with E-state index in [2.05, 4.69) is 11.8 Å². The zero-order valence-electron chi connectivity index (χ0n) is 22.9. The van der Waals surface area contributed by atoms with Crippen molar-refractivity contribution in [3.63, 3.8) is 0 Å². The maximum absolute atomic E-state index is 5.96. The van der Waals surface area contributed by atoms with Crippen molar-refractivity contribution >= 4 is 0 Å². The largest absolute Gasteiger partial charge is 0.487 e. The van der Waals surface area contributed by atoms with Gasteiger partial charge in [0.2, 0.25) is 0 Å². The van der Waals surface area contributed by atoms with Gasteiger partial charge in [0.05, 0.1) is 79.3 Å². The third-order valence-corrected chi connectivity index (χ3v) is 5.67. The Balaban J connectivity index is 1.43. The van der Waals surface area contributed by atoms with Crippen LogP contribution in [0.2, 0.25) is 0 Å². The summed E-state index contributed by atoms with van der Waals surface area (Å²) in [5.74, 6) is 8.88. The Hall–Kier alpha value is -3.04. The lowest BCUT2D eigenvalue weighted by Crippen LogP contribution is -2.13. The van der Waals surface area contributed by atoms with Gasteiger partial charge in [-0.1, -0.05) is 11.8 Å². The Labute approximate surface area is 235 Å². The van der Waals surface area contributed by atoms with Gasteiger partial charge >= 0.3 is 0 Å². The number of benzene rings is 2. The summed E-state index contributed by atoms with van der Waals surface area (Å²) < 4.78 is 56.8. The Bertz CT molecular complexity index is 983. The van der Waals surface area contributed by atoms with Gasteiger partial charge in [0.1, 0.15) is 26.4 Å².